The smallest absolute Gasteiger partial charge is 0.472 e. The van der Waals surface area contributed by atoms with E-state index in [2.05, 4.69) is 23.1 Å². The van der Waals surface area contributed by atoms with E-state index in [9.17, 15) is 24.9 Å². The molecule has 1 aliphatic rings. The van der Waals surface area contributed by atoms with Gasteiger partial charge < -0.3 is 39.8 Å². The van der Waals surface area contributed by atoms with E-state index in [0.29, 0.717) is 34.7 Å². The van der Waals surface area contributed by atoms with Gasteiger partial charge in [0.25, 0.3) is 0 Å². The van der Waals surface area contributed by atoms with Crippen molar-refractivity contribution in [3.63, 3.8) is 0 Å². The summed E-state index contributed by atoms with van der Waals surface area (Å²) < 4.78 is 48.3. The Labute approximate surface area is 337 Å². The van der Waals surface area contributed by atoms with E-state index in [1.807, 2.05) is 0 Å². The van der Waals surface area contributed by atoms with Gasteiger partial charge in [-0.1, -0.05) is 109 Å². The molecule has 2 aromatic heterocycles. The predicted octanol–water partition coefficient (Wildman–Crippen LogP) is 7.35. The summed E-state index contributed by atoms with van der Waals surface area (Å²) >= 11 is 0. The lowest BCUT2D eigenvalue weighted by molar-refractivity contribution is -0.0558. The number of benzene rings is 1. The van der Waals surface area contributed by atoms with Crippen molar-refractivity contribution in [3.8, 4) is 11.8 Å². The maximum atomic E-state index is 13.0. The average Bonchev–Trinajstić information content (AvgIpc) is 3.77. The molecular formula is C41H64N5O10P. The highest BCUT2D eigenvalue weighted by molar-refractivity contribution is 7.47. The van der Waals surface area contributed by atoms with Gasteiger partial charge in [0.05, 0.1) is 50.9 Å². The third-order valence-corrected chi connectivity index (χ3v) is 11.3. The molecule has 318 valence electrons. The number of ether oxygens (including phenoxy) is 4. The molecule has 1 fully saturated rings. The highest BCUT2D eigenvalue weighted by Gasteiger charge is 2.45. The standard InChI is InChI=1S/C41H64N5O10P/c1-3-4-5-6-7-8-9-10-11-12-13-14-15-16-17-18-23-52-27-33(53-26-32-20-19-31(25-42)24-36(32)51-2)28-54-57(49,50)55-29-37-38(47)39(48)40(56-37)34-21-22-35-41(43)44-30-45-46(34)35/h19-22,24,30,33,37-40,47-48H,3-18,23,26-29H2,1-2H3,(H,49,50)(H2,43,44,45)/t33-,37-,38-,39-,40+/m1/s1. The number of nitrogens with two attached hydrogens (primary N) is 1. The number of phosphoric ester groups is 1. The first-order valence-corrected chi connectivity index (χ1v) is 22.1. The average molecular weight is 818 g/mol. The van der Waals surface area contributed by atoms with Gasteiger partial charge in [-0.15, -0.1) is 0 Å². The summed E-state index contributed by atoms with van der Waals surface area (Å²) in [6.07, 6.45) is 16.0. The van der Waals surface area contributed by atoms with Crippen LogP contribution in [0.15, 0.2) is 36.7 Å². The van der Waals surface area contributed by atoms with Crippen LogP contribution in [0.5, 0.6) is 5.75 Å². The van der Waals surface area contributed by atoms with Gasteiger partial charge in [-0.3, -0.25) is 9.05 Å². The molecule has 6 atom stereocenters. The Morgan fingerprint density at radius 2 is 1.56 bits per heavy atom. The second-order valence-electron chi connectivity index (χ2n) is 14.8. The molecule has 15 nitrogen and oxygen atoms in total. The summed E-state index contributed by atoms with van der Waals surface area (Å²) in [4.78, 5) is 14.5. The number of aliphatic hydroxyl groups is 2. The van der Waals surface area contributed by atoms with E-state index in [1.54, 1.807) is 30.3 Å². The number of rotatable bonds is 30. The number of nitrogens with zero attached hydrogens (tertiary/aromatic N) is 4. The molecule has 0 radical (unpaired) electrons. The number of hydrogen-bond donors (Lipinski definition) is 4. The number of nitrogen functional groups attached to an aromatic ring is 1. The monoisotopic (exact) mass is 817 g/mol. The largest absolute Gasteiger partial charge is 0.496 e. The van der Waals surface area contributed by atoms with Crippen LogP contribution < -0.4 is 10.5 Å². The first kappa shape index (κ1) is 46.5. The molecule has 1 saturated heterocycles. The number of aromatic nitrogens is 3. The molecule has 5 N–H and O–H groups in total. The quantitative estimate of drug-likeness (QED) is 0.0383. The van der Waals surface area contributed by atoms with Crippen molar-refractivity contribution in [1.29, 1.82) is 5.26 Å². The minimum absolute atomic E-state index is 0.0638. The summed E-state index contributed by atoms with van der Waals surface area (Å²) in [5, 5.41) is 34.9. The van der Waals surface area contributed by atoms with Gasteiger partial charge in [-0.25, -0.2) is 14.1 Å². The highest BCUT2D eigenvalue weighted by atomic mass is 31.2. The Morgan fingerprint density at radius 3 is 2.19 bits per heavy atom. The summed E-state index contributed by atoms with van der Waals surface area (Å²) in [5.74, 6) is 0.699. The van der Waals surface area contributed by atoms with E-state index < -0.39 is 44.9 Å². The van der Waals surface area contributed by atoms with Crippen LogP contribution in [0.3, 0.4) is 0 Å². The Morgan fingerprint density at radius 1 is 0.912 bits per heavy atom. The number of unbranched alkanes of at least 4 members (excludes halogenated alkanes) is 15. The molecule has 0 aliphatic carbocycles. The van der Waals surface area contributed by atoms with Gasteiger partial charge in [-0.05, 0) is 30.7 Å². The number of anilines is 1. The molecular weight excluding hydrogens is 753 g/mol. The SMILES string of the molecule is CCCCCCCCCCCCCCCCCCOC[C@H](COP(=O)(O)OC[C@H]1O[C@@H](c2ccc3c(N)ncnn23)[C@H](O)[C@@H]1O)OCc1ccc(C#N)cc1OC. The van der Waals surface area contributed by atoms with Gasteiger partial charge in [-0.2, -0.15) is 10.4 Å². The molecule has 1 aliphatic heterocycles. The Hall–Kier alpha value is -3.16. The zero-order valence-corrected chi connectivity index (χ0v) is 34.6. The van der Waals surface area contributed by atoms with Gasteiger partial charge in [0.2, 0.25) is 0 Å². The molecule has 57 heavy (non-hydrogen) atoms. The lowest BCUT2D eigenvalue weighted by atomic mass is 10.0. The predicted molar refractivity (Wildman–Crippen MR) is 215 cm³/mol. The molecule has 1 unspecified atom stereocenters. The van der Waals surface area contributed by atoms with E-state index in [1.165, 1.54) is 101 Å². The zero-order valence-electron chi connectivity index (χ0n) is 33.7. The van der Waals surface area contributed by atoms with Crippen LogP contribution in [-0.2, 0) is 34.4 Å². The van der Waals surface area contributed by atoms with Gasteiger partial charge >= 0.3 is 7.82 Å². The summed E-state index contributed by atoms with van der Waals surface area (Å²) in [6.45, 7) is 2.02. The minimum Gasteiger partial charge on any atom is -0.496 e. The first-order chi connectivity index (χ1) is 27.7. The molecule has 4 rings (SSSR count). The number of aliphatic hydroxyl groups excluding tert-OH is 2. The molecule has 16 heteroatoms. The van der Waals surface area contributed by atoms with Crippen LogP contribution in [0.25, 0.3) is 5.52 Å². The number of fused-ring (bicyclic) bond motifs is 1. The molecule has 3 aromatic rings. The third kappa shape index (κ3) is 15.5. The third-order valence-electron chi connectivity index (χ3n) is 10.3. The second kappa shape index (κ2) is 25.4. The minimum atomic E-state index is -4.68. The van der Waals surface area contributed by atoms with Gasteiger partial charge in [0.1, 0.15) is 48.1 Å². The fraction of sp³-hybridized carbons (Fsp3) is 0.683. The number of hydrogen-bond acceptors (Lipinski definition) is 13. The zero-order chi connectivity index (χ0) is 40.9. The number of nitriles is 1. The molecule has 3 heterocycles. The van der Waals surface area contributed by atoms with Crippen LogP contribution >= 0.6 is 7.82 Å². The maximum absolute atomic E-state index is 13.0. The molecule has 0 spiro atoms. The van der Waals surface area contributed by atoms with Crippen molar-refractivity contribution in [2.45, 2.75) is 147 Å². The number of methoxy groups -OCH3 is 1. The van der Waals surface area contributed by atoms with Crippen molar-refractivity contribution >= 4 is 19.2 Å². The van der Waals surface area contributed by atoms with E-state index in [4.69, 9.17) is 33.7 Å². The van der Waals surface area contributed by atoms with Crippen LogP contribution in [0.4, 0.5) is 5.82 Å². The van der Waals surface area contributed by atoms with E-state index >= 15 is 0 Å². The number of phosphoric acid groups is 1. The maximum Gasteiger partial charge on any atom is 0.472 e. The van der Waals surface area contributed by atoms with Gasteiger partial charge in [0.15, 0.2) is 5.82 Å². The molecule has 0 saturated carbocycles. The molecule has 0 bridgehead atoms. The van der Waals surface area contributed by atoms with Crippen LogP contribution in [0.2, 0.25) is 0 Å². The Bertz CT molecular complexity index is 1690. The summed E-state index contributed by atoms with van der Waals surface area (Å²) in [5.41, 5.74) is 7.93. The lowest BCUT2D eigenvalue weighted by Crippen LogP contribution is -2.33. The second-order valence-corrected chi connectivity index (χ2v) is 16.2. The van der Waals surface area contributed by atoms with Crippen LogP contribution in [0.1, 0.15) is 133 Å². The van der Waals surface area contributed by atoms with Crippen LogP contribution in [0, 0.1) is 11.3 Å². The Balaban J connectivity index is 1.18. The van der Waals surface area contributed by atoms with E-state index in [0.717, 1.165) is 19.3 Å². The van der Waals surface area contributed by atoms with Crippen molar-refractivity contribution in [1.82, 2.24) is 14.6 Å². The molecule has 1 aromatic carbocycles. The summed E-state index contributed by atoms with van der Waals surface area (Å²) in [7, 11) is -3.18. The van der Waals surface area contributed by atoms with Crippen molar-refractivity contribution in [2.24, 2.45) is 0 Å². The molecule has 0 amide bonds. The topological polar surface area (TPSA) is 213 Å². The fourth-order valence-electron chi connectivity index (χ4n) is 6.95. The van der Waals surface area contributed by atoms with Crippen molar-refractivity contribution in [2.75, 3.05) is 39.3 Å². The van der Waals surface area contributed by atoms with Crippen LogP contribution in [-0.4, -0.2) is 87.7 Å². The van der Waals surface area contributed by atoms with Crippen molar-refractivity contribution < 1.29 is 47.7 Å². The lowest BCUT2D eigenvalue weighted by Gasteiger charge is -2.22. The van der Waals surface area contributed by atoms with Gasteiger partial charge in [0, 0.05) is 12.2 Å². The van der Waals surface area contributed by atoms with Crippen molar-refractivity contribution in [3.05, 3.63) is 53.5 Å². The normalized spacial score (nSPS) is 19.8. The summed E-state index contributed by atoms with van der Waals surface area (Å²) in [6, 6.07) is 10.4. The Kier molecular flexibility index (Phi) is 20.7. The van der Waals surface area contributed by atoms with E-state index in [-0.39, 0.29) is 25.6 Å². The fourth-order valence-corrected chi connectivity index (χ4v) is 7.72. The highest BCUT2D eigenvalue weighted by Crippen LogP contribution is 2.45. The first-order valence-electron chi connectivity index (χ1n) is 20.6.